The zero-order chi connectivity index (χ0) is 19.2. The zero-order valence-electron chi connectivity index (χ0n) is 12.3. The average molecular weight is 443 g/mol. The van der Waals surface area contributed by atoms with Gasteiger partial charge in [0.15, 0.2) is 11.9 Å². The Bertz CT molecular complexity index is 955. The predicted molar refractivity (Wildman–Crippen MR) is 84.6 cm³/mol. The van der Waals surface area contributed by atoms with Crippen molar-refractivity contribution in [2.45, 2.75) is 18.5 Å². The molecule has 6 nitrogen and oxygen atoms in total. The summed E-state index contributed by atoms with van der Waals surface area (Å²) in [5.41, 5.74) is -6.24. The van der Waals surface area contributed by atoms with Gasteiger partial charge < -0.3 is 14.4 Å². The molecule has 0 amide bonds. The van der Waals surface area contributed by atoms with Crippen LogP contribution in [-0.4, -0.2) is 30.1 Å². The van der Waals surface area contributed by atoms with E-state index in [1.165, 1.54) is 31.2 Å². The third kappa shape index (κ3) is 3.72. The van der Waals surface area contributed by atoms with Gasteiger partial charge in [-0.3, -0.25) is 0 Å². The second kappa shape index (κ2) is 6.46. The summed E-state index contributed by atoms with van der Waals surface area (Å²) in [6.45, 7) is 1.31. The lowest BCUT2D eigenvalue weighted by Gasteiger charge is -2.19. The highest BCUT2D eigenvalue weighted by Gasteiger charge is 2.49. The normalized spacial score (nSPS) is 13.7. The van der Waals surface area contributed by atoms with Crippen LogP contribution in [0, 0.1) is 6.92 Å². The maximum absolute atomic E-state index is 12.7. The van der Waals surface area contributed by atoms with Gasteiger partial charge in [-0.2, -0.15) is 21.6 Å². The van der Waals surface area contributed by atoms with Crippen LogP contribution < -0.4 is 4.18 Å². The molecule has 1 unspecified atom stereocenters. The monoisotopic (exact) mass is 442 g/mol. The Hall–Kier alpha value is -1.85. The largest absolute Gasteiger partial charge is 0.534 e. The Morgan fingerprint density at radius 2 is 1.88 bits per heavy atom. The summed E-state index contributed by atoms with van der Waals surface area (Å²) in [5.74, 6) is -2.65. The molecule has 0 saturated heterocycles. The van der Waals surface area contributed by atoms with E-state index < -0.39 is 39.0 Å². The van der Waals surface area contributed by atoms with E-state index in [9.17, 15) is 31.5 Å². The molecule has 0 saturated carbocycles. The van der Waals surface area contributed by atoms with Crippen LogP contribution in [-0.2, 0) is 14.9 Å². The lowest BCUT2D eigenvalue weighted by molar-refractivity contribution is -0.147. The molecule has 0 aliphatic carbocycles. The molecular formula is C14H10BrF3O6S. The minimum absolute atomic E-state index is 0.0490. The fraction of sp³-hybridized carbons (Fsp3) is 0.214. The third-order valence-corrected chi connectivity index (χ3v) is 4.73. The number of halogens is 4. The quantitative estimate of drug-likeness (QED) is 0.556. The smallest absolute Gasteiger partial charge is 0.479 e. The Kier molecular flexibility index (Phi) is 5.04. The van der Waals surface area contributed by atoms with E-state index in [0.717, 1.165) is 0 Å². The summed E-state index contributed by atoms with van der Waals surface area (Å²) in [4.78, 5) is 11.1. The van der Waals surface area contributed by atoms with Crippen LogP contribution >= 0.6 is 15.9 Å². The topological polar surface area (TPSA) is 101 Å². The van der Waals surface area contributed by atoms with Crippen molar-refractivity contribution in [3.63, 3.8) is 0 Å². The molecule has 25 heavy (non-hydrogen) atoms. The van der Waals surface area contributed by atoms with E-state index in [0.29, 0.717) is 9.86 Å². The number of alkyl halides is 3. The summed E-state index contributed by atoms with van der Waals surface area (Å²) in [6, 6.07) is 5.53. The molecule has 2 aromatic carbocycles. The van der Waals surface area contributed by atoms with Crippen molar-refractivity contribution in [3.8, 4) is 5.75 Å². The van der Waals surface area contributed by atoms with Crippen molar-refractivity contribution in [2.24, 2.45) is 0 Å². The number of rotatable bonds is 4. The van der Waals surface area contributed by atoms with Crippen LogP contribution in [0.4, 0.5) is 13.2 Å². The summed E-state index contributed by atoms with van der Waals surface area (Å²) < 4.78 is 65.6. The van der Waals surface area contributed by atoms with E-state index in [1.807, 2.05) is 0 Å². The van der Waals surface area contributed by atoms with Gasteiger partial charge in [-0.1, -0.05) is 22.0 Å². The van der Waals surface area contributed by atoms with Crippen molar-refractivity contribution < 1.29 is 40.8 Å². The number of aryl methyl sites for hydroxylation is 1. The van der Waals surface area contributed by atoms with Crippen molar-refractivity contribution in [3.05, 3.63) is 39.9 Å². The number of carbonyl (C=O) groups is 1. The van der Waals surface area contributed by atoms with E-state index in [4.69, 9.17) is 5.11 Å². The molecule has 0 radical (unpaired) electrons. The first-order valence-electron chi connectivity index (χ1n) is 6.49. The minimum atomic E-state index is -6.07. The molecule has 0 fully saturated rings. The number of hydrogen-bond donors (Lipinski definition) is 2. The van der Waals surface area contributed by atoms with Crippen LogP contribution in [0.15, 0.2) is 28.7 Å². The summed E-state index contributed by atoms with van der Waals surface area (Å²) in [5, 5.41) is 19.0. The number of hydrogen-bond acceptors (Lipinski definition) is 5. The number of benzene rings is 2. The first kappa shape index (κ1) is 19.5. The standard InChI is InChI=1S/C14H10BrF3O6S/c1-6-4-7-5-8(15)2-3-9(7)12(10(6)11(19)13(20)21)24-25(22,23)14(16,17)18/h2-5,11,19H,1H3,(H,20,21). The lowest BCUT2D eigenvalue weighted by Crippen LogP contribution is -2.29. The second-order valence-electron chi connectivity index (χ2n) is 5.03. The summed E-state index contributed by atoms with van der Waals surface area (Å²) in [6.07, 6.45) is -2.27. The summed E-state index contributed by atoms with van der Waals surface area (Å²) in [7, 11) is -6.07. The molecule has 0 aliphatic rings. The highest BCUT2D eigenvalue weighted by atomic mass is 79.9. The third-order valence-electron chi connectivity index (χ3n) is 3.28. The van der Waals surface area contributed by atoms with Crippen LogP contribution in [0.3, 0.4) is 0 Å². The second-order valence-corrected chi connectivity index (χ2v) is 7.48. The van der Waals surface area contributed by atoms with Gasteiger partial charge in [0.25, 0.3) is 0 Å². The molecule has 1 atom stereocenters. The van der Waals surface area contributed by atoms with E-state index >= 15 is 0 Å². The van der Waals surface area contributed by atoms with Crippen molar-refractivity contribution in [1.82, 2.24) is 0 Å². The van der Waals surface area contributed by atoms with Crippen LogP contribution in [0.5, 0.6) is 5.75 Å². The van der Waals surface area contributed by atoms with Gasteiger partial charge in [0.1, 0.15) is 0 Å². The van der Waals surface area contributed by atoms with Crippen LogP contribution in [0.25, 0.3) is 10.8 Å². The zero-order valence-corrected chi connectivity index (χ0v) is 14.7. The van der Waals surface area contributed by atoms with Gasteiger partial charge in [-0.05, 0) is 36.1 Å². The highest BCUT2D eigenvalue weighted by molar-refractivity contribution is 9.10. The molecular weight excluding hydrogens is 433 g/mol. The van der Waals surface area contributed by atoms with Crippen molar-refractivity contribution >= 4 is 42.8 Å². The van der Waals surface area contributed by atoms with Gasteiger partial charge in [0.2, 0.25) is 0 Å². The van der Waals surface area contributed by atoms with Crippen LogP contribution in [0.2, 0.25) is 0 Å². The fourth-order valence-electron chi connectivity index (χ4n) is 2.20. The van der Waals surface area contributed by atoms with Gasteiger partial charge >= 0.3 is 21.6 Å². The Balaban J connectivity index is 2.85. The minimum Gasteiger partial charge on any atom is -0.479 e. The molecule has 0 aromatic heterocycles. The summed E-state index contributed by atoms with van der Waals surface area (Å²) >= 11 is 3.16. The molecule has 0 aliphatic heterocycles. The first-order valence-corrected chi connectivity index (χ1v) is 8.69. The number of aliphatic hydroxyl groups is 1. The number of carboxylic acid groups (broad SMARTS) is 1. The molecule has 0 heterocycles. The molecule has 0 spiro atoms. The molecule has 2 aromatic rings. The fourth-order valence-corrected chi connectivity index (χ4v) is 3.08. The van der Waals surface area contributed by atoms with Gasteiger partial charge in [-0.25, -0.2) is 4.79 Å². The predicted octanol–water partition coefficient (Wildman–Crippen LogP) is 3.26. The maximum Gasteiger partial charge on any atom is 0.534 e. The lowest BCUT2D eigenvalue weighted by atomic mass is 9.96. The van der Waals surface area contributed by atoms with Crippen molar-refractivity contribution in [1.29, 1.82) is 0 Å². The van der Waals surface area contributed by atoms with Gasteiger partial charge in [0, 0.05) is 15.4 Å². The van der Waals surface area contributed by atoms with E-state index in [-0.39, 0.29) is 10.9 Å². The van der Waals surface area contributed by atoms with Crippen molar-refractivity contribution in [2.75, 3.05) is 0 Å². The molecule has 2 N–H and O–H groups in total. The van der Waals surface area contributed by atoms with Crippen LogP contribution in [0.1, 0.15) is 17.2 Å². The molecule has 11 heteroatoms. The molecule has 136 valence electrons. The first-order chi connectivity index (χ1) is 11.3. The Labute approximate surface area is 148 Å². The number of aliphatic carboxylic acids is 1. The van der Waals surface area contributed by atoms with Gasteiger partial charge in [0.05, 0.1) is 0 Å². The SMILES string of the molecule is Cc1cc2cc(Br)ccc2c(OS(=O)(=O)C(F)(F)F)c1C(O)C(=O)O. The Morgan fingerprint density at radius 1 is 1.28 bits per heavy atom. The van der Waals surface area contributed by atoms with E-state index in [2.05, 4.69) is 20.1 Å². The molecule has 0 bridgehead atoms. The average Bonchev–Trinajstić information content (AvgIpc) is 2.44. The highest BCUT2D eigenvalue weighted by Crippen LogP contribution is 2.40. The van der Waals surface area contributed by atoms with E-state index in [1.54, 1.807) is 0 Å². The van der Waals surface area contributed by atoms with Gasteiger partial charge in [-0.15, -0.1) is 0 Å². The number of carboxylic acids is 1. The number of aliphatic hydroxyl groups excluding tert-OH is 1. The molecule has 2 rings (SSSR count). The Morgan fingerprint density at radius 3 is 2.40 bits per heavy atom. The number of fused-ring (bicyclic) bond motifs is 1. The maximum atomic E-state index is 12.7.